The Morgan fingerprint density at radius 3 is 2.59 bits per heavy atom. The fourth-order valence-corrected chi connectivity index (χ4v) is 8.90. The third kappa shape index (κ3) is 7.72. The van der Waals surface area contributed by atoms with Crippen LogP contribution in [0.2, 0.25) is 0 Å². The van der Waals surface area contributed by atoms with E-state index in [2.05, 4.69) is 83.7 Å². The number of ether oxygens (including phenoxy) is 1. The second-order valence-corrected chi connectivity index (χ2v) is 15.4. The number of rotatable bonds is 15. The van der Waals surface area contributed by atoms with E-state index in [0.717, 1.165) is 80.6 Å². The van der Waals surface area contributed by atoms with Gasteiger partial charge in [0.15, 0.2) is 5.78 Å². The topological polar surface area (TPSA) is 160 Å². The summed E-state index contributed by atoms with van der Waals surface area (Å²) in [7, 11) is 0. The summed E-state index contributed by atoms with van der Waals surface area (Å²) in [5.74, 6) is 0.310. The lowest BCUT2D eigenvalue weighted by atomic mass is 9.85. The van der Waals surface area contributed by atoms with Crippen LogP contribution < -0.4 is 32.0 Å². The molecule has 0 spiro atoms. The average Bonchev–Trinajstić information content (AvgIpc) is 3.88. The predicted molar refractivity (Wildman–Crippen MR) is 214 cm³/mol. The molecule has 6 rings (SSSR count). The number of aliphatic hydroxyl groups excluding tert-OH is 1. The minimum absolute atomic E-state index is 0.00922. The van der Waals surface area contributed by atoms with Gasteiger partial charge in [0, 0.05) is 75.8 Å². The van der Waals surface area contributed by atoms with Gasteiger partial charge in [0.05, 0.1) is 17.8 Å². The van der Waals surface area contributed by atoms with Crippen molar-refractivity contribution in [3.8, 4) is 0 Å². The molecular weight excluding hydrogens is 681 g/mol. The van der Waals surface area contributed by atoms with E-state index in [9.17, 15) is 14.4 Å². The smallest absolute Gasteiger partial charge is 0.220 e. The number of Topliss-reactive ketones (excluding diaryl/α,β-unsaturated/α-hetero) is 2. The Labute approximate surface area is 318 Å². The van der Waals surface area contributed by atoms with Gasteiger partial charge < -0.3 is 35.8 Å². The van der Waals surface area contributed by atoms with Crippen LogP contribution >= 0.6 is 0 Å². The quantitative estimate of drug-likeness (QED) is 0.105. The number of unbranched alkanes of at least 4 members (excludes halogenated alkanes) is 1. The van der Waals surface area contributed by atoms with E-state index in [4.69, 9.17) is 9.84 Å². The molecule has 2 aromatic heterocycles. The number of fused-ring (bicyclic) bond motifs is 7. The largest absolute Gasteiger partial charge is 0.381 e. The van der Waals surface area contributed by atoms with E-state index < -0.39 is 13.0 Å². The van der Waals surface area contributed by atoms with Crippen LogP contribution in [-0.4, -0.2) is 70.2 Å². The van der Waals surface area contributed by atoms with Crippen molar-refractivity contribution in [2.24, 2.45) is 11.8 Å². The number of ketones is 2. The Balaban J connectivity index is 1.27. The molecule has 290 valence electrons. The van der Waals surface area contributed by atoms with Gasteiger partial charge in [-0.3, -0.25) is 19.7 Å². The second-order valence-electron chi connectivity index (χ2n) is 15.4. The zero-order valence-electron chi connectivity index (χ0n) is 32.9. The standard InChI is InChI=1S/C43H58N6O5/c1-9-28-22(3)33-18-35-24(5)30(14-15-40(53)44-16-12-11-13-32(26(7)51)45-27(8)54-21-50)42(48-35)31-17-39(52)41-25(6)36(49-43(31)41)20-38-29(10-2)23(4)34(47-38)19-37(28)46-33/h9,18-20,24,27,30,32,34-35,45-50H,1,10-17,21H2,2-8H3,(H,44,53)/b33-18?,37-19?,38-20-,42-31-. The summed E-state index contributed by atoms with van der Waals surface area (Å²) in [4.78, 5) is 46.5. The van der Waals surface area contributed by atoms with Gasteiger partial charge in [-0.05, 0) is 113 Å². The fourth-order valence-electron chi connectivity index (χ4n) is 8.90. The number of aromatic amines is 2. The molecule has 6 unspecified atom stereocenters. The first-order valence-corrected chi connectivity index (χ1v) is 19.6. The zero-order valence-corrected chi connectivity index (χ0v) is 32.9. The summed E-state index contributed by atoms with van der Waals surface area (Å²) in [6.45, 7) is 18.3. The highest BCUT2D eigenvalue weighted by molar-refractivity contribution is 6.13. The van der Waals surface area contributed by atoms with Crippen LogP contribution in [0.15, 0.2) is 29.1 Å². The van der Waals surface area contributed by atoms with E-state index in [1.54, 1.807) is 13.8 Å². The number of hydrogen-bond donors (Lipinski definition) is 7. The molecule has 2 aromatic rings. The van der Waals surface area contributed by atoms with Gasteiger partial charge in [0.1, 0.15) is 18.8 Å². The van der Waals surface area contributed by atoms with Crippen LogP contribution in [0.25, 0.3) is 29.9 Å². The van der Waals surface area contributed by atoms with E-state index in [1.165, 1.54) is 11.1 Å². The summed E-state index contributed by atoms with van der Waals surface area (Å²) in [5.41, 5.74) is 11.5. The Hall–Kier alpha value is -4.45. The van der Waals surface area contributed by atoms with Crippen molar-refractivity contribution in [1.82, 2.24) is 31.2 Å². The van der Waals surface area contributed by atoms with Crippen molar-refractivity contribution < 1.29 is 24.2 Å². The van der Waals surface area contributed by atoms with Gasteiger partial charge in [0.2, 0.25) is 5.91 Å². The summed E-state index contributed by atoms with van der Waals surface area (Å²) in [6, 6.07) is -0.376. The van der Waals surface area contributed by atoms with E-state index in [-0.39, 0.29) is 47.4 Å². The predicted octanol–water partition coefficient (Wildman–Crippen LogP) is 4.36. The molecule has 6 atom stereocenters. The summed E-state index contributed by atoms with van der Waals surface area (Å²) in [6.07, 6.45) is 12.5. The van der Waals surface area contributed by atoms with Gasteiger partial charge in [-0.1, -0.05) is 26.5 Å². The molecule has 54 heavy (non-hydrogen) atoms. The summed E-state index contributed by atoms with van der Waals surface area (Å²) < 4.78 is 5.11. The number of hydrogen-bond acceptors (Lipinski definition) is 8. The summed E-state index contributed by atoms with van der Waals surface area (Å²) in [5, 5.41) is 24.9. The van der Waals surface area contributed by atoms with Crippen LogP contribution in [0.5, 0.6) is 0 Å². The highest BCUT2D eigenvalue weighted by atomic mass is 16.6. The molecule has 0 aromatic carbocycles. The van der Waals surface area contributed by atoms with Crippen LogP contribution in [0.3, 0.4) is 0 Å². The maximum absolute atomic E-state index is 13.7. The molecule has 5 heterocycles. The number of aromatic nitrogens is 2. The van der Waals surface area contributed by atoms with Gasteiger partial charge in [-0.15, -0.1) is 0 Å². The second kappa shape index (κ2) is 16.5. The number of allylic oxidation sites excluding steroid dienone is 3. The number of carbonyl (C=O) groups excluding carboxylic acids is 3. The van der Waals surface area contributed by atoms with Gasteiger partial charge in [-0.25, -0.2) is 0 Å². The molecule has 0 radical (unpaired) electrons. The molecule has 1 saturated heterocycles. The molecule has 1 fully saturated rings. The van der Waals surface area contributed by atoms with Crippen molar-refractivity contribution in [2.45, 2.75) is 118 Å². The highest BCUT2D eigenvalue weighted by Crippen LogP contribution is 2.44. The first-order chi connectivity index (χ1) is 25.9. The van der Waals surface area contributed by atoms with Gasteiger partial charge in [-0.2, -0.15) is 0 Å². The number of aliphatic hydroxyl groups is 1. The van der Waals surface area contributed by atoms with Gasteiger partial charge in [0.25, 0.3) is 0 Å². The summed E-state index contributed by atoms with van der Waals surface area (Å²) >= 11 is 0. The van der Waals surface area contributed by atoms with E-state index in [0.29, 0.717) is 32.2 Å². The van der Waals surface area contributed by atoms with Crippen LogP contribution in [0, 0.1) is 25.7 Å². The maximum atomic E-state index is 13.7. The van der Waals surface area contributed by atoms with Crippen molar-refractivity contribution in [3.05, 3.63) is 73.5 Å². The molecule has 11 nitrogen and oxygen atoms in total. The molecule has 1 aliphatic carbocycles. The lowest BCUT2D eigenvalue weighted by Crippen LogP contribution is -2.42. The molecule has 8 bridgehead atoms. The van der Waals surface area contributed by atoms with Crippen molar-refractivity contribution in [2.75, 3.05) is 13.3 Å². The first kappa shape index (κ1) is 39.2. The first-order valence-electron chi connectivity index (χ1n) is 19.6. The third-order valence-corrected chi connectivity index (χ3v) is 12.1. The lowest BCUT2D eigenvalue weighted by molar-refractivity contribution is -0.122. The highest BCUT2D eigenvalue weighted by Gasteiger charge is 2.41. The normalized spacial score (nSPS) is 25.0. The molecule has 1 amide bonds. The number of amides is 1. The lowest BCUT2D eigenvalue weighted by Gasteiger charge is -2.21. The Morgan fingerprint density at radius 2 is 1.89 bits per heavy atom. The van der Waals surface area contributed by atoms with Crippen LogP contribution in [-0.2, 0) is 14.3 Å². The van der Waals surface area contributed by atoms with Crippen molar-refractivity contribution >= 4 is 47.4 Å². The fraction of sp³-hybridized carbons (Fsp3) is 0.512. The van der Waals surface area contributed by atoms with Crippen LogP contribution in [0.4, 0.5) is 0 Å². The van der Waals surface area contributed by atoms with Gasteiger partial charge >= 0.3 is 0 Å². The van der Waals surface area contributed by atoms with E-state index in [1.807, 2.05) is 13.0 Å². The van der Waals surface area contributed by atoms with Crippen LogP contribution in [0.1, 0.15) is 118 Å². The minimum atomic E-state index is -0.437. The van der Waals surface area contributed by atoms with Crippen molar-refractivity contribution in [1.29, 1.82) is 0 Å². The molecule has 3 aliphatic heterocycles. The Bertz CT molecular complexity index is 2050. The molecule has 11 heteroatoms. The molecule has 0 saturated carbocycles. The molecular formula is C43H58N6O5. The molecule has 4 aliphatic rings. The van der Waals surface area contributed by atoms with E-state index >= 15 is 0 Å². The molecule has 7 N–H and O–H groups in total. The number of nitrogens with one attached hydrogen (secondary N) is 6. The Kier molecular flexibility index (Phi) is 12.0. The number of carbonyl (C=O) groups is 3. The Morgan fingerprint density at radius 1 is 1.11 bits per heavy atom. The number of H-pyrrole nitrogens is 2. The van der Waals surface area contributed by atoms with Crippen molar-refractivity contribution in [3.63, 3.8) is 0 Å². The zero-order chi connectivity index (χ0) is 38.8. The monoisotopic (exact) mass is 738 g/mol. The average molecular weight is 739 g/mol. The SMILES string of the molecule is C=Cc1c(C)c2[nH]c1=CC1N/C(=C\c3[nH]c4c(c3C)C(=O)C/C4=C3/NC(C=2)C(C)C3CCC(=O)NCCCCC(NC(C)OCO)C(C)=O)C(CC)=C1C. The minimum Gasteiger partial charge on any atom is -0.381 e. The third-order valence-electron chi connectivity index (χ3n) is 12.1. The maximum Gasteiger partial charge on any atom is 0.220 e.